The van der Waals surface area contributed by atoms with Crippen LogP contribution >= 0.6 is 15.9 Å². The molecule has 1 aromatic heterocycles. The van der Waals surface area contributed by atoms with E-state index in [2.05, 4.69) is 36.3 Å². The smallest absolute Gasteiger partial charge is 0.328 e. The second-order valence-corrected chi connectivity index (χ2v) is 5.13. The van der Waals surface area contributed by atoms with Crippen LogP contribution in [0.2, 0.25) is 0 Å². The molecule has 0 amide bonds. The number of anilines is 1. The Morgan fingerprint density at radius 1 is 1.14 bits per heavy atom. The van der Waals surface area contributed by atoms with E-state index in [9.17, 15) is 9.59 Å². The first kappa shape index (κ1) is 18.1. The molecule has 1 saturated heterocycles. The number of carboxylic acid groups (broad SMARTS) is 2. The van der Waals surface area contributed by atoms with Crippen molar-refractivity contribution in [3.63, 3.8) is 0 Å². The highest BCUT2D eigenvalue weighted by atomic mass is 79.9. The van der Waals surface area contributed by atoms with Gasteiger partial charge in [-0.1, -0.05) is 0 Å². The van der Waals surface area contributed by atoms with Crippen molar-refractivity contribution in [1.29, 1.82) is 0 Å². The van der Waals surface area contributed by atoms with E-state index in [0.29, 0.717) is 12.2 Å². The van der Waals surface area contributed by atoms with Gasteiger partial charge in [-0.15, -0.1) is 10.2 Å². The van der Waals surface area contributed by atoms with Gasteiger partial charge >= 0.3 is 11.9 Å². The lowest BCUT2D eigenvalue weighted by Gasteiger charge is -2.19. The van der Waals surface area contributed by atoms with Crippen LogP contribution in [0.5, 0.6) is 0 Å². The van der Waals surface area contributed by atoms with Crippen molar-refractivity contribution < 1.29 is 19.8 Å². The molecule has 2 heterocycles. The summed E-state index contributed by atoms with van der Waals surface area (Å²) in [5.74, 6) is -1.54. The Labute approximate surface area is 136 Å². The van der Waals surface area contributed by atoms with E-state index in [4.69, 9.17) is 10.2 Å². The number of rotatable bonds is 3. The molecule has 120 valence electrons. The second kappa shape index (κ2) is 9.85. The monoisotopic (exact) mass is 372 g/mol. The summed E-state index contributed by atoms with van der Waals surface area (Å²) >= 11 is 3.28. The summed E-state index contributed by atoms with van der Waals surface area (Å²) in [5, 5.41) is 27.1. The van der Waals surface area contributed by atoms with E-state index in [1.165, 1.54) is 0 Å². The predicted molar refractivity (Wildman–Crippen MR) is 83.8 cm³/mol. The largest absolute Gasteiger partial charge is 0.478 e. The summed E-state index contributed by atoms with van der Waals surface area (Å²) in [6.07, 6.45) is 2.28. The normalized spacial score (nSPS) is 14.9. The van der Waals surface area contributed by atoms with Crippen molar-refractivity contribution in [1.82, 2.24) is 15.5 Å². The van der Waals surface area contributed by atoms with Crippen LogP contribution in [-0.2, 0) is 9.59 Å². The number of nitrogens with zero attached hydrogens (tertiary/aromatic N) is 3. The van der Waals surface area contributed by atoms with E-state index >= 15 is 0 Å². The van der Waals surface area contributed by atoms with Gasteiger partial charge in [0.05, 0.1) is 0 Å². The maximum absolute atomic E-state index is 9.55. The average molecular weight is 373 g/mol. The van der Waals surface area contributed by atoms with Crippen molar-refractivity contribution in [3.8, 4) is 0 Å². The molecule has 0 saturated carbocycles. The molecule has 0 spiro atoms. The van der Waals surface area contributed by atoms with Crippen LogP contribution in [0.4, 0.5) is 5.82 Å². The maximum atomic E-state index is 9.55. The maximum Gasteiger partial charge on any atom is 0.328 e. The van der Waals surface area contributed by atoms with Gasteiger partial charge in [0.25, 0.3) is 0 Å². The fourth-order valence-corrected chi connectivity index (χ4v) is 1.91. The number of nitrogens with one attached hydrogen (secondary N) is 1. The van der Waals surface area contributed by atoms with Gasteiger partial charge in [-0.25, -0.2) is 9.59 Å². The highest BCUT2D eigenvalue weighted by Crippen LogP contribution is 2.12. The van der Waals surface area contributed by atoms with Crippen LogP contribution < -0.4 is 10.2 Å². The van der Waals surface area contributed by atoms with Gasteiger partial charge in [0.1, 0.15) is 4.60 Å². The predicted octanol–water partition coefficient (Wildman–Crippen LogP) is 0.751. The Hall–Kier alpha value is -2.00. The lowest BCUT2D eigenvalue weighted by Crippen LogP contribution is -2.28. The fourth-order valence-electron chi connectivity index (χ4n) is 1.70. The molecule has 1 aliphatic heterocycles. The Kier molecular flexibility index (Phi) is 8.08. The van der Waals surface area contributed by atoms with Gasteiger partial charge in [0.2, 0.25) is 0 Å². The summed E-state index contributed by atoms with van der Waals surface area (Å²) in [5.41, 5.74) is 0. The molecule has 22 heavy (non-hydrogen) atoms. The van der Waals surface area contributed by atoms with Crippen molar-refractivity contribution in [2.24, 2.45) is 0 Å². The fraction of sp³-hybridized carbons (Fsp3) is 0.385. The Bertz CT molecular complexity index is 497. The van der Waals surface area contributed by atoms with Crippen LogP contribution in [0.1, 0.15) is 6.42 Å². The number of hydrogen-bond donors (Lipinski definition) is 3. The van der Waals surface area contributed by atoms with Crippen molar-refractivity contribution in [2.75, 3.05) is 31.1 Å². The topological polar surface area (TPSA) is 116 Å². The van der Waals surface area contributed by atoms with E-state index in [0.717, 1.165) is 43.0 Å². The minimum Gasteiger partial charge on any atom is -0.478 e. The zero-order valence-corrected chi connectivity index (χ0v) is 13.4. The lowest BCUT2D eigenvalue weighted by atomic mass is 10.4. The van der Waals surface area contributed by atoms with Gasteiger partial charge in [0.15, 0.2) is 5.82 Å². The second-order valence-electron chi connectivity index (χ2n) is 4.31. The molecule has 0 aliphatic carbocycles. The third-order valence-electron chi connectivity index (χ3n) is 2.65. The highest BCUT2D eigenvalue weighted by molar-refractivity contribution is 9.10. The number of carbonyl (C=O) groups is 2. The number of aromatic nitrogens is 2. The molecule has 0 bridgehead atoms. The number of carboxylic acids is 2. The van der Waals surface area contributed by atoms with E-state index < -0.39 is 11.9 Å². The third kappa shape index (κ3) is 7.70. The Balaban J connectivity index is 0.000000261. The first-order chi connectivity index (χ1) is 10.5. The molecule has 0 aromatic carbocycles. The quantitative estimate of drug-likeness (QED) is 0.665. The minimum absolute atomic E-state index is 0.558. The van der Waals surface area contributed by atoms with Gasteiger partial charge in [-0.05, 0) is 41.0 Å². The van der Waals surface area contributed by atoms with Crippen molar-refractivity contribution >= 4 is 33.7 Å². The number of aliphatic carboxylic acids is 2. The van der Waals surface area contributed by atoms with Gasteiger partial charge in [-0.3, -0.25) is 0 Å². The molecule has 0 atom stereocenters. The zero-order valence-electron chi connectivity index (χ0n) is 11.8. The molecule has 1 fully saturated rings. The molecule has 8 nitrogen and oxygen atoms in total. The van der Waals surface area contributed by atoms with Crippen LogP contribution in [0.25, 0.3) is 0 Å². The van der Waals surface area contributed by atoms with Crippen molar-refractivity contribution in [2.45, 2.75) is 6.42 Å². The molecule has 0 radical (unpaired) electrons. The Morgan fingerprint density at radius 2 is 1.82 bits per heavy atom. The molecule has 3 N–H and O–H groups in total. The summed E-state index contributed by atoms with van der Waals surface area (Å²) < 4.78 is 0.786. The summed E-state index contributed by atoms with van der Waals surface area (Å²) in [6, 6.07) is 3.93. The molecule has 1 aromatic rings. The molecule has 9 heteroatoms. The summed E-state index contributed by atoms with van der Waals surface area (Å²) in [7, 11) is 0. The minimum atomic E-state index is -1.26. The highest BCUT2D eigenvalue weighted by Gasteiger charge is 2.10. The molecule has 1 aliphatic rings. The molecule has 0 unspecified atom stereocenters. The van der Waals surface area contributed by atoms with E-state index in [1.807, 2.05) is 12.1 Å². The van der Waals surface area contributed by atoms with Crippen LogP contribution in [-0.4, -0.2) is 58.5 Å². The zero-order chi connectivity index (χ0) is 16.4. The lowest BCUT2D eigenvalue weighted by molar-refractivity contribution is -0.134. The van der Waals surface area contributed by atoms with Crippen LogP contribution in [0, 0.1) is 0 Å². The summed E-state index contributed by atoms with van der Waals surface area (Å²) in [4.78, 5) is 21.4. The molecular formula is C13H17BrN4O4. The van der Waals surface area contributed by atoms with Gasteiger partial charge in [-0.2, -0.15) is 0 Å². The van der Waals surface area contributed by atoms with Crippen LogP contribution in [0.3, 0.4) is 0 Å². The molecule has 2 rings (SSSR count). The van der Waals surface area contributed by atoms with Crippen LogP contribution in [0.15, 0.2) is 28.9 Å². The van der Waals surface area contributed by atoms with E-state index in [1.54, 1.807) is 0 Å². The number of hydrogen-bond acceptors (Lipinski definition) is 6. The molecular weight excluding hydrogens is 356 g/mol. The SMILES string of the molecule is Brc1ccc(N2CCCNCC2)nn1.O=C(O)/C=C/C(=O)O. The first-order valence-electron chi connectivity index (χ1n) is 6.58. The number of halogens is 1. The van der Waals surface area contributed by atoms with Gasteiger partial charge in [0, 0.05) is 31.8 Å². The summed E-state index contributed by atoms with van der Waals surface area (Å²) in [6.45, 7) is 4.19. The third-order valence-corrected chi connectivity index (χ3v) is 3.07. The average Bonchev–Trinajstić information content (AvgIpc) is 2.76. The van der Waals surface area contributed by atoms with Gasteiger partial charge < -0.3 is 20.4 Å². The van der Waals surface area contributed by atoms with E-state index in [-0.39, 0.29) is 0 Å². The Morgan fingerprint density at radius 3 is 2.36 bits per heavy atom. The van der Waals surface area contributed by atoms with Crippen molar-refractivity contribution in [3.05, 3.63) is 28.9 Å². The standard InChI is InChI=1S/C9H13BrN4.C4H4O4/c10-8-2-3-9(13-12-8)14-6-1-4-11-5-7-14;5-3(6)1-2-4(7)8/h2-3,11H,1,4-7H2;1-2H,(H,5,6)(H,7,8)/b;2-1+. The first-order valence-corrected chi connectivity index (χ1v) is 7.37.